The van der Waals surface area contributed by atoms with Crippen LogP contribution in [0.3, 0.4) is 0 Å². The number of benzene rings is 2. The Labute approximate surface area is 181 Å². The van der Waals surface area contributed by atoms with Crippen molar-refractivity contribution in [2.75, 3.05) is 19.5 Å². The molecule has 0 bridgehead atoms. The van der Waals surface area contributed by atoms with Gasteiger partial charge >= 0.3 is 0 Å². The second-order valence-corrected chi connectivity index (χ2v) is 8.46. The fraction of sp³-hybridized carbons (Fsp3) is 0.391. The number of methoxy groups -OCH3 is 1. The van der Waals surface area contributed by atoms with Gasteiger partial charge in [0, 0.05) is 18.4 Å². The van der Waals surface area contributed by atoms with Crippen molar-refractivity contribution < 1.29 is 14.6 Å². The number of nitrogens with zero attached hydrogens (tertiary/aromatic N) is 3. The number of aliphatic hydroxyl groups excluding tert-OH is 1. The van der Waals surface area contributed by atoms with Crippen LogP contribution >= 0.6 is 11.8 Å². The Balaban J connectivity index is 1.31. The third-order valence-electron chi connectivity index (χ3n) is 5.39. The summed E-state index contributed by atoms with van der Waals surface area (Å²) in [6.07, 6.45) is 2.75. The number of ether oxygens (including phenoxy) is 2. The third kappa shape index (κ3) is 4.69. The lowest BCUT2D eigenvalue weighted by Crippen LogP contribution is -2.22. The first-order valence-electron chi connectivity index (χ1n) is 10.2. The van der Waals surface area contributed by atoms with E-state index in [2.05, 4.69) is 34.5 Å². The molecule has 0 saturated carbocycles. The van der Waals surface area contributed by atoms with E-state index in [0.717, 1.165) is 41.6 Å². The maximum Gasteiger partial charge on any atom is 0.191 e. The minimum Gasteiger partial charge on any atom is -0.497 e. The van der Waals surface area contributed by atoms with E-state index in [1.54, 1.807) is 7.11 Å². The van der Waals surface area contributed by atoms with Gasteiger partial charge in [0.2, 0.25) is 0 Å². The van der Waals surface area contributed by atoms with E-state index in [1.165, 1.54) is 22.9 Å². The molecule has 0 aliphatic heterocycles. The molecule has 1 N–H and O–H groups in total. The molecule has 1 heterocycles. The standard InChI is InChI=1S/C23H27N3O3S/c1-26-22(17-10-12-19(28-2)13-11-17)24-25-23(26)30-15-18(27)14-29-21-9-5-7-16-6-3-4-8-20(16)21/h3-4,6,8,10-13,18,21,27H,5,7,9,14-15H2,1-2H3/t18-,21+/m1/s1. The summed E-state index contributed by atoms with van der Waals surface area (Å²) in [6, 6.07) is 16.2. The Hall–Kier alpha value is -2.35. The first kappa shape index (κ1) is 20.9. The van der Waals surface area contributed by atoms with Crippen LogP contribution in [0.25, 0.3) is 11.4 Å². The average molecular weight is 426 g/mol. The second kappa shape index (κ2) is 9.64. The summed E-state index contributed by atoms with van der Waals surface area (Å²) in [6.45, 7) is 0.315. The van der Waals surface area contributed by atoms with Crippen molar-refractivity contribution in [2.45, 2.75) is 36.6 Å². The summed E-state index contributed by atoms with van der Waals surface area (Å²) in [5.41, 5.74) is 3.60. The molecule has 0 amide bonds. The quantitative estimate of drug-likeness (QED) is 0.550. The van der Waals surface area contributed by atoms with Crippen molar-refractivity contribution >= 4 is 11.8 Å². The van der Waals surface area contributed by atoms with Gasteiger partial charge in [0.25, 0.3) is 0 Å². The molecule has 0 fully saturated rings. The SMILES string of the molecule is COc1ccc(-c2nnc(SC[C@H](O)CO[C@H]3CCCc4ccccc43)n2C)cc1. The van der Waals surface area contributed by atoms with E-state index in [0.29, 0.717) is 12.4 Å². The van der Waals surface area contributed by atoms with Crippen LogP contribution in [0.15, 0.2) is 53.7 Å². The van der Waals surface area contributed by atoms with Crippen molar-refractivity contribution in [3.63, 3.8) is 0 Å². The molecular formula is C23H27N3O3S. The van der Waals surface area contributed by atoms with Gasteiger partial charge in [-0.15, -0.1) is 10.2 Å². The highest BCUT2D eigenvalue weighted by Gasteiger charge is 2.21. The first-order valence-corrected chi connectivity index (χ1v) is 11.2. The zero-order valence-corrected chi connectivity index (χ0v) is 18.1. The van der Waals surface area contributed by atoms with Gasteiger partial charge in [0.15, 0.2) is 11.0 Å². The van der Waals surface area contributed by atoms with Crippen LogP contribution in [0.5, 0.6) is 5.75 Å². The molecule has 1 aromatic heterocycles. The molecule has 158 valence electrons. The summed E-state index contributed by atoms with van der Waals surface area (Å²) in [4.78, 5) is 0. The number of hydrogen-bond donors (Lipinski definition) is 1. The van der Waals surface area contributed by atoms with Crippen LogP contribution in [0.1, 0.15) is 30.1 Å². The average Bonchev–Trinajstić information content (AvgIpc) is 3.16. The predicted molar refractivity (Wildman–Crippen MR) is 118 cm³/mol. The van der Waals surface area contributed by atoms with Crippen LogP contribution in [-0.2, 0) is 18.2 Å². The van der Waals surface area contributed by atoms with Gasteiger partial charge in [-0.25, -0.2) is 0 Å². The molecule has 30 heavy (non-hydrogen) atoms. The maximum atomic E-state index is 10.4. The van der Waals surface area contributed by atoms with Crippen molar-refractivity contribution in [2.24, 2.45) is 7.05 Å². The van der Waals surface area contributed by atoms with Crippen LogP contribution in [0.2, 0.25) is 0 Å². The van der Waals surface area contributed by atoms with Crippen molar-refractivity contribution in [3.05, 3.63) is 59.7 Å². The van der Waals surface area contributed by atoms with Gasteiger partial charge < -0.3 is 19.1 Å². The van der Waals surface area contributed by atoms with E-state index < -0.39 is 6.10 Å². The number of thioether (sulfide) groups is 1. The van der Waals surface area contributed by atoms with E-state index in [4.69, 9.17) is 9.47 Å². The lowest BCUT2D eigenvalue weighted by Gasteiger charge is -2.26. The van der Waals surface area contributed by atoms with Crippen molar-refractivity contribution in [3.8, 4) is 17.1 Å². The first-order chi connectivity index (χ1) is 14.7. The van der Waals surface area contributed by atoms with Gasteiger partial charge in [0.05, 0.1) is 25.9 Å². The van der Waals surface area contributed by atoms with Crippen LogP contribution in [0.4, 0.5) is 0 Å². The van der Waals surface area contributed by atoms with E-state index in [1.807, 2.05) is 35.9 Å². The van der Waals surface area contributed by atoms with E-state index in [9.17, 15) is 5.11 Å². The summed E-state index contributed by atoms with van der Waals surface area (Å²) >= 11 is 1.49. The summed E-state index contributed by atoms with van der Waals surface area (Å²) in [5, 5.41) is 19.8. The smallest absolute Gasteiger partial charge is 0.191 e. The van der Waals surface area contributed by atoms with Crippen LogP contribution < -0.4 is 4.74 Å². The Kier molecular flexibility index (Phi) is 6.72. The normalized spacial score (nSPS) is 16.8. The highest BCUT2D eigenvalue weighted by atomic mass is 32.2. The Bertz CT molecular complexity index is 974. The lowest BCUT2D eigenvalue weighted by atomic mass is 9.89. The minimum atomic E-state index is -0.565. The van der Waals surface area contributed by atoms with Gasteiger partial charge in [-0.1, -0.05) is 36.0 Å². The second-order valence-electron chi connectivity index (χ2n) is 7.47. The highest BCUT2D eigenvalue weighted by molar-refractivity contribution is 7.99. The Morgan fingerprint density at radius 2 is 1.97 bits per heavy atom. The summed E-state index contributed by atoms with van der Waals surface area (Å²) in [5.74, 6) is 2.09. The fourth-order valence-corrected chi connectivity index (χ4v) is 4.58. The molecule has 0 radical (unpaired) electrons. The molecule has 7 heteroatoms. The third-order valence-corrected chi connectivity index (χ3v) is 6.56. The van der Waals surface area contributed by atoms with E-state index >= 15 is 0 Å². The number of fused-ring (bicyclic) bond motifs is 1. The zero-order valence-electron chi connectivity index (χ0n) is 17.3. The molecular weight excluding hydrogens is 398 g/mol. The molecule has 0 unspecified atom stereocenters. The summed E-state index contributed by atoms with van der Waals surface area (Å²) in [7, 11) is 3.58. The maximum absolute atomic E-state index is 10.4. The van der Waals surface area contributed by atoms with Crippen molar-refractivity contribution in [1.82, 2.24) is 14.8 Å². The Morgan fingerprint density at radius 3 is 2.77 bits per heavy atom. The monoisotopic (exact) mass is 425 g/mol. The molecule has 2 aromatic carbocycles. The van der Waals surface area contributed by atoms with Crippen LogP contribution in [-0.4, -0.2) is 45.4 Å². The highest BCUT2D eigenvalue weighted by Crippen LogP contribution is 2.32. The van der Waals surface area contributed by atoms with Gasteiger partial charge in [0.1, 0.15) is 5.75 Å². The summed E-state index contributed by atoms with van der Waals surface area (Å²) < 4.78 is 13.2. The Morgan fingerprint density at radius 1 is 1.17 bits per heavy atom. The topological polar surface area (TPSA) is 69.4 Å². The molecule has 0 saturated heterocycles. The predicted octanol–water partition coefficient (Wildman–Crippen LogP) is 4.04. The number of aryl methyl sites for hydroxylation is 1. The largest absolute Gasteiger partial charge is 0.497 e. The van der Waals surface area contributed by atoms with Crippen molar-refractivity contribution in [1.29, 1.82) is 0 Å². The number of aromatic nitrogens is 3. The molecule has 1 aliphatic rings. The number of rotatable bonds is 8. The molecule has 3 aromatic rings. The molecule has 4 rings (SSSR count). The van der Waals surface area contributed by atoms with Gasteiger partial charge in [-0.05, 0) is 54.7 Å². The zero-order chi connectivity index (χ0) is 20.9. The molecule has 1 aliphatic carbocycles. The molecule has 0 spiro atoms. The number of hydrogen-bond acceptors (Lipinski definition) is 6. The van der Waals surface area contributed by atoms with Crippen LogP contribution in [0, 0.1) is 0 Å². The molecule has 6 nitrogen and oxygen atoms in total. The molecule has 2 atom stereocenters. The van der Waals surface area contributed by atoms with Gasteiger partial charge in [-0.2, -0.15) is 0 Å². The lowest BCUT2D eigenvalue weighted by molar-refractivity contribution is -0.00960. The minimum absolute atomic E-state index is 0.0751. The van der Waals surface area contributed by atoms with Gasteiger partial charge in [-0.3, -0.25) is 0 Å². The number of aliphatic hydroxyl groups is 1. The van der Waals surface area contributed by atoms with E-state index in [-0.39, 0.29) is 6.10 Å². The fourth-order valence-electron chi connectivity index (χ4n) is 3.76.